The first kappa shape index (κ1) is 15.9. The second-order valence-corrected chi connectivity index (χ2v) is 5.44. The number of carbonyl (C=O) groups excluding carboxylic acids is 1. The van der Waals surface area contributed by atoms with Crippen LogP contribution in [0, 0.1) is 0 Å². The van der Waals surface area contributed by atoms with Crippen LogP contribution in [0.4, 0.5) is 8.78 Å². The lowest BCUT2D eigenvalue weighted by molar-refractivity contribution is -0.119. The van der Waals surface area contributed by atoms with Crippen LogP contribution >= 0.6 is 0 Å². The topological polar surface area (TPSA) is 58.4 Å². The summed E-state index contributed by atoms with van der Waals surface area (Å²) in [5, 5.41) is 3.43. The molecular formula is C15H21F2N3O. The SMILES string of the molecule is NC(=O)CN1CCC(NCc2ccc(C(F)F)cc2)CC1. The van der Waals surface area contributed by atoms with E-state index >= 15 is 0 Å². The highest BCUT2D eigenvalue weighted by atomic mass is 19.3. The zero-order valence-electron chi connectivity index (χ0n) is 11.9. The number of benzene rings is 1. The highest BCUT2D eigenvalue weighted by Gasteiger charge is 2.19. The van der Waals surface area contributed by atoms with E-state index in [9.17, 15) is 13.6 Å². The number of primary amides is 1. The van der Waals surface area contributed by atoms with Gasteiger partial charge in [-0.25, -0.2) is 8.78 Å². The Morgan fingerprint density at radius 2 is 1.90 bits per heavy atom. The number of likely N-dealkylation sites (tertiary alicyclic amines) is 1. The first-order chi connectivity index (χ1) is 10.0. The Labute approximate surface area is 123 Å². The van der Waals surface area contributed by atoms with Gasteiger partial charge >= 0.3 is 0 Å². The second kappa shape index (κ2) is 7.47. The molecule has 1 heterocycles. The van der Waals surface area contributed by atoms with Crippen LogP contribution in [0.25, 0.3) is 0 Å². The largest absolute Gasteiger partial charge is 0.369 e. The van der Waals surface area contributed by atoms with E-state index in [0.717, 1.165) is 31.5 Å². The van der Waals surface area contributed by atoms with Crippen LogP contribution in [0.2, 0.25) is 0 Å². The Kier molecular flexibility index (Phi) is 5.64. The van der Waals surface area contributed by atoms with Crippen LogP contribution < -0.4 is 11.1 Å². The van der Waals surface area contributed by atoms with Crippen LogP contribution in [-0.2, 0) is 11.3 Å². The number of nitrogens with one attached hydrogen (secondary N) is 1. The number of alkyl halides is 2. The standard InChI is InChI=1S/C15H21F2N3O/c16-15(17)12-3-1-11(2-4-12)9-19-13-5-7-20(8-6-13)10-14(18)21/h1-4,13,15,19H,5-10H2,(H2,18,21). The van der Waals surface area contributed by atoms with Gasteiger partial charge in [-0.05, 0) is 18.4 Å². The molecule has 1 saturated heterocycles. The van der Waals surface area contributed by atoms with Crippen molar-refractivity contribution >= 4 is 5.91 Å². The summed E-state index contributed by atoms with van der Waals surface area (Å²) in [6, 6.07) is 6.80. The maximum Gasteiger partial charge on any atom is 0.263 e. The van der Waals surface area contributed by atoms with Crippen LogP contribution in [0.15, 0.2) is 24.3 Å². The highest BCUT2D eigenvalue weighted by Crippen LogP contribution is 2.19. The number of piperidine rings is 1. The van der Waals surface area contributed by atoms with E-state index < -0.39 is 6.43 Å². The summed E-state index contributed by atoms with van der Waals surface area (Å²) in [6.07, 6.45) is -0.494. The molecule has 0 spiro atoms. The molecule has 4 nitrogen and oxygen atoms in total. The lowest BCUT2D eigenvalue weighted by atomic mass is 10.0. The highest BCUT2D eigenvalue weighted by molar-refractivity contribution is 5.75. The predicted octanol–water partition coefficient (Wildman–Crippen LogP) is 1.66. The van der Waals surface area contributed by atoms with E-state index in [1.165, 1.54) is 12.1 Å². The average molecular weight is 297 g/mol. The fraction of sp³-hybridized carbons (Fsp3) is 0.533. The number of hydrogen-bond donors (Lipinski definition) is 2. The van der Waals surface area contributed by atoms with Gasteiger partial charge in [-0.3, -0.25) is 9.69 Å². The fourth-order valence-electron chi connectivity index (χ4n) is 2.56. The first-order valence-electron chi connectivity index (χ1n) is 7.15. The first-order valence-corrected chi connectivity index (χ1v) is 7.15. The molecule has 1 fully saturated rings. The van der Waals surface area contributed by atoms with Gasteiger partial charge in [0.1, 0.15) is 0 Å². The van der Waals surface area contributed by atoms with Crippen molar-refractivity contribution in [2.24, 2.45) is 5.73 Å². The minimum Gasteiger partial charge on any atom is -0.369 e. The van der Waals surface area contributed by atoms with E-state index in [0.29, 0.717) is 19.1 Å². The van der Waals surface area contributed by atoms with Crippen LogP contribution in [0.5, 0.6) is 0 Å². The van der Waals surface area contributed by atoms with Gasteiger partial charge in [0.15, 0.2) is 0 Å². The molecule has 1 aromatic carbocycles. The van der Waals surface area contributed by atoms with E-state index in [-0.39, 0.29) is 11.5 Å². The van der Waals surface area contributed by atoms with E-state index in [2.05, 4.69) is 10.2 Å². The van der Waals surface area contributed by atoms with Crippen molar-refractivity contribution < 1.29 is 13.6 Å². The van der Waals surface area contributed by atoms with Crippen LogP contribution in [0.1, 0.15) is 30.4 Å². The van der Waals surface area contributed by atoms with E-state index in [1.807, 2.05) is 0 Å². The number of halogens is 2. The van der Waals surface area contributed by atoms with Gasteiger partial charge < -0.3 is 11.1 Å². The molecule has 0 radical (unpaired) electrons. The van der Waals surface area contributed by atoms with Crippen molar-refractivity contribution in [1.82, 2.24) is 10.2 Å². The van der Waals surface area contributed by atoms with Crippen LogP contribution in [0.3, 0.4) is 0 Å². The normalized spacial score (nSPS) is 17.3. The quantitative estimate of drug-likeness (QED) is 0.839. The second-order valence-electron chi connectivity index (χ2n) is 5.44. The number of nitrogens with two attached hydrogens (primary N) is 1. The number of nitrogens with zero attached hydrogens (tertiary/aromatic N) is 1. The minimum atomic E-state index is -2.42. The fourth-order valence-corrected chi connectivity index (χ4v) is 2.56. The Morgan fingerprint density at radius 1 is 1.29 bits per heavy atom. The molecule has 3 N–H and O–H groups in total. The molecule has 6 heteroatoms. The maximum absolute atomic E-state index is 12.4. The molecule has 0 atom stereocenters. The molecule has 1 aromatic rings. The third kappa shape index (κ3) is 5.06. The predicted molar refractivity (Wildman–Crippen MR) is 76.9 cm³/mol. The number of carbonyl (C=O) groups is 1. The zero-order valence-corrected chi connectivity index (χ0v) is 11.9. The van der Waals surface area contributed by atoms with Gasteiger partial charge in [-0.15, -0.1) is 0 Å². The van der Waals surface area contributed by atoms with Gasteiger partial charge in [0.2, 0.25) is 5.91 Å². The maximum atomic E-state index is 12.4. The lowest BCUT2D eigenvalue weighted by Crippen LogP contribution is -2.45. The van der Waals surface area contributed by atoms with Gasteiger partial charge in [0.05, 0.1) is 6.54 Å². The molecule has 21 heavy (non-hydrogen) atoms. The molecule has 1 aliphatic heterocycles. The van der Waals surface area contributed by atoms with Gasteiger partial charge in [-0.1, -0.05) is 24.3 Å². The monoisotopic (exact) mass is 297 g/mol. The summed E-state index contributed by atoms with van der Waals surface area (Å²) >= 11 is 0. The van der Waals surface area contributed by atoms with Crippen molar-refractivity contribution in [2.45, 2.75) is 31.9 Å². The molecular weight excluding hydrogens is 276 g/mol. The summed E-state index contributed by atoms with van der Waals surface area (Å²) in [6.45, 7) is 2.70. The lowest BCUT2D eigenvalue weighted by Gasteiger charge is -2.31. The summed E-state index contributed by atoms with van der Waals surface area (Å²) in [4.78, 5) is 12.9. The number of amides is 1. The van der Waals surface area contributed by atoms with Gasteiger partial charge in [0.25, 0.3) is 6.43 Å². The zero-order chi connectivity index (χ0) is 15.2. The summed E-state index contributed by atoms with van der Waals surface area (Å²) in [7, 11) is 0. The molecule has 0 saturated carbocycles. The Morgan fingerprint density at radius 3 is 2.43 bits per heavy atom. The number of hydrogen-bond acceptors (Lipinski definition) is 3. The number of rotatable bonds is 6. The third-order valence-electron chi connectivity index (χ3n) is 3.79. The molecule has 2 rings (SSSR count). The van der Waals surface area contributed by atoms with Crippen molar-refractivity contribution in [3.8, 4) is 0 Å². The summed E-state index contributed by atoms with van der Waals surface area (Å²) in [5.74, 6) is -0.291. The van der Waals surface area contributed by atoms with Crippen molar-refractivity contribution in [1.29, 1.82) is 0 Å². The molecule has 1 amide bonds. The molecule has 0 bridgehead atoms. The Balaban J connectivity index is 1.73. The average Bonchev–Trinajstić information content (AvgIpc) is 2.46. The molecule has 0 aromatic heterocycles. The van der Waals surface area contributed by atoms with E-state index in [4.69, 9.17) is 5.73 Å². The summed E-state index contributed by atoms with van der Waals surface area (Å²) in [5.41, 5.74) is 6.23. The summed E-state index contributed by atoms with van der Waals surface area (Å²) < 4.78 is 24.9. The van der Waals surface area contributed by atoms with Gasteiger partial charge in [0, 0.05) is 31.2 Å². The van der Waals surface area contributed by atoms with Crippen molar-refractivity contribution in [2.75, 3.05) is 19.6 Å². The van der Waals surface area contributed by atoms with Crippen molar-refractivity contribution in [3.63, 3.8) is 0 Å². The molecule has 1 aliphatic rings. The smallest absolute Gasteiger partial charge is 0.263 e. The molecule has 0 unspecified atom stereocenters. The van der Waals surface area contributed by atoms with E-state index in [1.54, 1.807) is 12.1 Å². The Hall–Kier alpha value is -1.53. The molecule has 0 aliphatic carbocycles. The Bertz CT molecular complexity index is 456. The van der Waals surface area contributed by atoms with Gasteiger partial charge in [-0.2, -0.15) is 0 Å². The minimum absolute atomic E-state index is 0.0542. The molecule has 116 valence electrons. The van der Waals surface area contributed by atoms with Crippen LogP contribution in [-0.4, -0.2) is 36.5 Å². The third-order valence-corrected chi connectivity index (χ3v) is 3.79. The van der Waals surface area contributed by atoms with Crippen molar-refractivity contribution in [3.05, 3.63) is 35.4 Å².